The minimum atomic E-state index is -1.25. The summed E-state index contributed by atoms with van der Waals surface area (Å²) in [6.45, 7) is 11.5. The molecule has 13 heteroatoms. The number of halogens is 2. The van der Waals surface area contributed by atoms with Gasteiger partial charge in [-0.3, -0.25) is 9.59 Å². The van der Waals surface area contributed by atoms with E-state index in [1.165, 1.54) is 46.8 Å². The quantitative estimate of drug-likeness (QED) is 0.0425. The Bertz CT molecular complexity index is 2840. The monoisotopic (exact) mass is 1080 g/mol. The summed E-state index contributed by atoms with van der Waals surface area (Å²) >= 11 is 0. The number of esters is 3. The van der Waals surface area contributed by atoms with E-state index in [0.717, 1.165) is 48.5 Å². The maximum Gasteiger partial charge on any atom is 0.340 e. The van der Waals surface area contributed by atoms with Crippen molar-refractivity contribution in [2.75, 3.05) is 38.1 Å². The summed E-state index contributed by atoms with van der Waals surface area (Å²) in [5.41, 5.74) is 18.7. The van der Waals surface area contributed by atoms with E-state index in [1.807, 2.05) is 24.3 Å². The second kappa shape index (κ2) is 19.5. The summed E-state index contributed by atoms with van der Waals surface area (Å²) in [4.78, 5) is 35.6. The lowest BCUT2D eigenvalue weighted by Gasteiger charge is -2.36. The molecule has 2 aliphatic heterocycles. The normalized spacial score (nSPS) is 12.9. The number of anilines is 2. The Kier molecular flexibility index (Phi) is 14.6. The number of nitrogens with two attached hydrogens (primary N) is 2. The van der Waals surface area contributed by atoms with Gasteiger partial charge >= 0.3 is 17.9 Å². The minimum Gasteiger partial charge on any atom is -1.00 e. The van der Waals surface area contributed by atoms with Gasteiger partial charge in [0, 0.05) is 71.1 Å². The molecule has 0 atom stereocenters. The highest BCUT2D eigenvalue weighted by Crippen LogP contribution is 2.57. The molecule has 0 saturated carbocycles. The zero-order valence-electron chi connectivity index (χ0n) is 36.3. The number of benzene rings is 6. The van der Waals surface area contributed by atoms with Crippen LogP contribution in [0.1, 0.15) is 61.2 Å². The average molecular weight is 1080 g/mol. The van der Waals surface area contributed by atoms with Crippen LogP contribution in [0.15, 0.2) is 127 Å². The van der Waals surface area contributed by atoms with E-state index in [0.29, 0.717) is 45.3 Å². The lowest BCUT2D eigenvalue weighted by Crippen LogP contribution is -3.00. The molecule has 0 saturated heterocycles. The van der Waals surface area contributed by atoms with Crippen molar-refractivity contribution in [3.63, 3.8) is 0 Å². The first-order valence-corrected chi connectivity index (χ1v) is 20.8. The van der Waals surface area contributed by atoms with Gasteiger partial charge in [0.1, 0.15) is 23.0 Å². The van der Waals surface area contributed by atoms with Crippen LogP contribution in [0.4, 0.5) is 11.4 Å². The molecule has 64 heavy (non-hydrogen) atoms. The van der Waals surface area contributed by atoms with Crippen LogP contribution in [0.5, 0.6) is 23.0 Å². The molecule has 1 aromatic heterocycles. The first-order chi connectivity index (χ1) is 29.8. The molecule has 4 N–H and O–H groups in total. The van der Waals surface area contributed by atoms with Crippen molar-refractivity contribution in [2.24, 2.45) is 0 Å². The molecule has 3 heterocycles. The van der Waals surface area contributed by atoms with E-state index >= 15 is 0 Å². The number of aryl methyl sites for hydroxylation is 1. The van der Waals surface area contributed by atoms with Crippen molar-refractivity contribution in [3.05, 3.63) is 150 Å². The Morgan fingerprint density at radius 3 is 1.83 bits per heavy atom. The second-order valence-electron chi connectivity index (χ2n) is 16.0. The number of nitrogen functional groups attached to an aromatic ring is 2. The smallest absolute Gasteiger partial charge is 0.340 e. The number of fused-ring (bicyclic) bond motifs is 9. The summed E-state index contributed by atoms with van der Waals surface area (Å²) < 4.78 is 26.0. The lowest BCUT2D eigenvalue weighted by molar-refractivity contribution is -0.908. The van der Waals surface area contributed by atoms with Gasteiger partial charge < -0.3 is 82.9 Å². The minimum absolute atomic E-state index is 0. The molecule has 0 unspecified atom stereocenters. The van der Waals surface area contributed by atoms with Gasteiger partial charge in [-0.1, -0.05) is 42.5 Å². The number of aromatic nitrogens is 1. The number of hydrogen-bond acceptors (Lipinski definition) is 9. The Labute approximate surface area is 406 Å². The van der Waals surface area contributed by atoms with Gasteiger partial charge in [-0.25, -0.2) is 4.79 Å². The first-order valence-electron chi connectivity index (χ1n) is 20.8. The van der Waals surface area contributed by atoms with Gasteiger partial charge in [-0.05, 0) is 80.6 Å². The zero-order chi connectivity index (χ0) is 43.8. The van der Waals surface area contributed by atoms with E-state index in [1.54, 1.807) is 48.5 Å². The Morgan fingerprint density at radius 2 is 1.23 bits per heavy atom. The standard InChI is InChI=1S/C27H33N4.C24H16O7.2HI/c1-4-31(3,5-2)17-9-16-30-26-19-22(29)13-15-24(26)23-14-12-21(28)18-25(23)27(30)20-10-7-6-8-11-20;1-13(25)28-15-7-9-19-21(11-15)30-22-12-16(29-14(2)26)8-10-20(22)24(19)18-6-4-3-5-17(18)23(27)31-24;;/h6-8,10-15,18-19,29H,4-5,9,16-17,28H2,1-3H3;3-12H,1-2H3;2*1H/q+1;;;/p-1. The molecular formula is C51H50I2N4O7. The fourth-order valence-electron chi connectivity index (χ4n) is 8.64. The van der Waals surface area contributed by atoms with Crippen LogP contribution in [0, 0.1) is 0 Å². The van der Waals surface area contributed by atoms with Gasteiger partial charge in [-0.15, -0.1) is 0 Å². The van der Waals surface area contributed by atoms with Crippen LogP contribution in [-0.4, -0.2) is 49.1 Å². The SMILES string of the molecule is CC(=O)Oc1ccc2c(c1)Oc1cc(OC(C)=O)ccc1C21OC(=O)c2ccccc21.CC[N+](C)(CC)CCC[n+]1c(-c2ccccc2)c2cc(N)ccc2c2ccc(N)cc21.[I-].[I-]. The van der Waals surface area contributed by atoms with Crippen molar-refractivity contribution in [3.8, 4) is 34.3 Å². The molecule has 330 valence electrons. The molecule has 9 rings (SSSR count). The topological polar surface area (TPSA) is 144 Å². The Morgan fingerprint density at radius 1 is 0.672 bits per heavy atom. The third-order valence-corrected chi connectivity index (χ3v) is 12.0. The largest absolute Gasteiger partial charge is 1.00 e. The summed E-state index contributed by atoms with van der Waals surface area (Å²) in [5, 5.41) is 3.61. The van der Waals surface area contributed by atoms with Crippen LogP contribution in [0.2, 0.25) is 0 Å². The average Bonchev–Trinajstić information content (AvgIpc) is 3.55. The Balaban J connectivity index is 0.000000206. The number of carbonyl (C=O) groups is 3. The van der Waals surface area contributed by atoms with Crippen LogP contribution in [-0.2, 0) is 26.5 Å². The molecule has 0 radical (unpaired) electrons. The lowest BCUT2D eigenvalue weighted by atomic mass is 9.77. The number of pyridine rings is 1. The van der Waals surface area contributed by atoms with Crippen LogP contribution in [0.3, 0.4) is 0 Å². The van der Waals surface area contributed by atoms with Gasteiger partial charge in [0.25, 0.3) is 0 Å². The molecule has 1 spiro atoms. The molecule has 0 amide bonds. The maximum absolute atomic E-state index is 12.8. The van der Waals surface area contributed by atoms with Crippen LogP contribution < -0.4 is 78.2 Å². The van der Waals surface area contributed by atoms with E-state index in [4.69, 9.17) is 30.4 Å². The highest BCUT2D eigenvalue weighted by Gasteiger charge is 2.53. The number of carbonyl (C=O) groups excluding carboxylic acids is 3. The molecule has 0 aliphatic carbocycles. The van der Waals surface area contributed by atoms with Crippen molar-refractivity contribution >= 4 is 51.0 Å². The highest BCUT2D eigenvalue weighted by atomic mass is 127. The third kappa shape index (κ3) is 9.10. The van der Waals surface area contributed by atoms with Crippen LogP contribution >= 0.6 is 0 Å². The number of quaternary nitrogens is 1. The molecule has 11 nitrogen and oxygen atoms in total. The molecule has 2 aliphatic rings. The van der Waals surface area contributed by atoms with Gasteiger partial charge in [-0.2, -0.15) is 4.57 Å². The molecule has 0 fully saturated rings. The Hall–Kier alpha value is -5.78. The highest BCUT2D eigenvalue weighted by molar-refractivity contribution is 6.10. The fraction of sp³-hybridized carbons (Fsp3) is 0.216. The molecule has 7 aromatic rings. The number of nitrogens with zero attached hydrogens (tertiary/aromatic N) is 2. The van der Waals surface area contributed by atoms with Gasteiger partial charge in [0.15, 0.2) is 12.1 Å². The maximum atomic E-state index is 12.8. The van der Waals surface area contributed by atoms with Crippen molar-refractivity contribution < 1.29 is 90.3 Å². The predicted octanol–water partition coefficient (Wildman–Crippen LogP) is 3.10. The number of rotatable bonds is 9. The molecular weight excluding hydrogens is 1030 g/mol. The van der Waals surface area contributed by atoms with Crippen molar-refractivity contribution in [1.29, 1.82) is 0 Å². The number of hydrogen-bond donors (Lipinski definition) is 2. The second-order valence-corrected chi connectivity index (χ2v) is 16.0. The summed E-state index contributed by atoms with van der Waals surface area (Å²) in [6, 6.07) is 40.1. The van der Waals surface area contributed by atoms with E-state index in [2.05, 4.69) is 80.1 Å². The first kappa shape index (κ1) is 47.7. The van der Waals surface area contributed by atoms with Gasteiger partial charge in [0.2, 0.25) is 11.2 Å². The van der Waals surface area contributed by atoms with Crippen molar-refractivity contribution in [2.45, 2.75) is 46.3 Å². The van der Waals surface area contributed by atoms with E-state index in [9.17, 15) is 14.4 Å². The van der Waals surface area contributed by atoms with E-state index in [-0.39, 0.29) is 48.0 Å². The molecule has 6 aromatic carbocycles. The van der Waals surface area contributed by atoms with Crippen LogP contribution in [0.25, 0.3) is 32.9 Å². The van der Waals surface area contributed by atoms with Gasteiger partial charge in [0.05, 0.1) is 49.4 Å². The summed E-state index contributed by atoms with van der Waals surface area (Å²) in [5.74, 6) is -0.104. The predicted molar refractivity (Wildman–Crippen MR) is 240 cm³/mol. The summed E-state index contributed by atoms with van der Waals surface area (Å²) in [6.07, 6.45) is 1.10. The number of ether oxygens (including phenoxy) is 4. The van der Waals surface area contributed by atoms with Crippen molar-refractivity contribution in [1.82, 2.24) is 0 Å². The zero-order valence-corrected chi connectivity index (χ0v) is 40.6. The third-order valence-electron chi connectivity index (χ3n) is 12.0. The van der Waals surface area contributed by atoms with E-state index < -0.39 is 23.5 Å². The fourth-order valence-corrected chi connectivity index (χ4v) is 8.64. The summed E-state index contributed by atoms with van der Waals surface area (Å²) in [7, 11) is 2.35. The molecule has 0 bridgehead atoms.